The average Bonchev–Trinajstić information content (AvgIpc) is 2.67. The first kappa shape index (κ1) is 20.4. The summed E-state index contributed by atoms with van der Waals surface area (Å²) in [5.41, 5.74) is 1.22. The Balaban J connectivity index is 1.63. The van der Waals surface area contributed by atoms with Crippen LogP contribution in [0.1, 0.15) is 24.0 Å². The molecule has 2 aromatic rings. The molecule has 0 aromatic heterocycles. The number of likely N-dealkylation sites (tertiary alicyclic amines) is 1. The molecule has 28 heavy (non-hydrogen) atoms. The third-order valence-corrected chi connectivity index (χ3v) is 6.72. The van der Waals surface area contributed by atoms with Crippen molar-refractivity contribution in [3.63, 3.8) is 0 Å². The van der Waals surface area contributed by atoms with Gasteiger partial charge in [0.1, 0.15) is 0 Å². The molecule has 1 saturated heterocycles. The van der Waals surface area contributed by atoms with Crippen molar-refractivity contribution in [3.8, 4) is 0 Å². The fraction of sp³-hybridized carbons (Fsp3) is 0.400. The van der Waals surface area contributed by atoms with Crippen LogP contribution in [0.15, 0.2) is 53.4 Å². The van der Waals surface area contributed by atoms with E-state index < -0.39 is 14.9 Å². The molecule has 3 rings (SSSR count). The number of nitro groups is 1. The summed E-state index contributed by atoms with van der Waals surface area (Å²) in [5, 5.41) is 11.1. The summed E-state index contributed by atoms with van der Waals surface area (Å²) in [6.45, 7) is 4.48. The first-order valence-corrected chi connectivity index (χ1v) is 10.8. The van der Waals surface area contributed by atoms with Crippen LogP contribution in [0.5, 0.6) is 0 Å². The monoisotopic (exact) mass is 403 g/mol. The van der Waals surface area contributed by atoms with E-state index in [0.717, 1.165) is 32.5 Å². The molecular formula is C20H25N3O4S. The van der Waals surface area contributed by atoms with Gasteiger partial charge in [-0.15, -0.1) is 0 Å². The maximum atomic E-state index is 12.7. The van der Waals surface area contributed by atoms with Crippen molar-refractivity contribution in [1.82, 2.24) is 9.62 Å². The van der Waals surface area contributed by atoms with Crippen molar-refractivity contribution in [2.75, 3.05) is 19.6 Å². The van der Waals surface area contributed by atoms with E-state index in [4.69, 9.17) is 0 Å². The smallest absolute Gasteiger partial charge is 0.273 e. The summed E-state index contributed by atoms with van der Waals surface area (Å²) in [7, 11) is -3.80. The molecule has 0 spiro atoms. The Labute approximate surface area is 165 Å². The molecule has 1 atom stereocenters. The number of sulfonamides is 1. The summed E-state index contributed by atoms with van der Waals surface area (Å²) >= 11 is 0. The van der Waals surface area contributed by atoms with Crippen LogP contribution < -0.4 is 4.72 Å². The van der Waals surface area contributed by atoms with Crippen LogP contribution in [0.4, 0.5) is 5.69 Å². The van der Waals surface area contributed by atoms with E-state index in [-0.39, 0.29) is 22.1 Å². The van der Waals surface area contributed by atoms with Gasteiger partial charge in [-0.05, 0) is 43.9 Å². The molecule has 0 bridgehead atoms. The molecule has 1 fully saturated rings. The van der Waals surface area contributed by atoms with Crippen molar-refractivity contribution < 1.29 is 13.3 Å². The number of nitro benzene ring substituents is 1. The van der Waals surface area contributed by atoms with E-state index in [1.54, 1.807) is 0 Å². The normalized spacial score (nSPS) is 18.1. The topological polar surface area (TPSA) is 92.5 Å². The van der Waals surface area contributed by atoms with Gasteiger partial charge in [0.05, 0.1) is 9.82 Å². The molecule has 0 saturated carbocycles. The molecule has 1 unspecified atom stereocenters. The molecule has 0 amide bonds. The van der Waals surface area contributed by atoms with E-state index in [9.17, 15) is 18.5 Å². The van der Waals surface area contributed by atoms with Crippen LogP contribution in [0, 0.1) is 23.0 Å². The standard InChI is InChI=1S/C20H25N3O4S/c1-16-19(23(24)25)10-5-11-20(16)28(26,27)21-13-18-9-6-12-22(15-18)14-17-7-3-2-4-8-17/h2-5,7-8,10-11,18,21H,6,9,12-15H2,1H3. The fourth-order valence-corrected chi connectivity index (χ4v) is 5.08. The molecule has 7 nitrogen and oxygen atoms in total. The first-order chi connectivity index (χ1) is 13.4. The predicted molar refractivity (Wildman–Crippen MR) is 107 cm³/mol. The van der Waals surface area contributed by atoms with Gasteiger partial charge in [-0.2, -0.15) is 0 Å². The minimum Gasteiger partial charge on any atom is -0.299 e. The van der Waals surface area contributed by atoms with Crippen LogP contribution in [-0.2, 0) is 16.6 Å². The molecule has 1 aliphatic heterocycles. The van der Waals surface area contributed by atoms with Crippen molar-refractivity contribution in [2.24, 2.45) is 5.92 Å². The first-order valence-electron chi connectivity index (χ1n) is 9.37. The highest BCUT2D eigenvalue weighted by molar-refractivity contribution is 7.89. The summed E-state index contributed by atoms with van der Waals surface area (Å²) in [4.78, 5) is 12.8. The van der Waals surface area contributed by atoms with Crippen LogP contribution in [-0.4, -0.2) is 37.9 Å². The quantitative estimate of drug-likeness (QED) is 0.566. The lowest BCUT2D eigenvalue weighted by Crippen LogP contribution is -2.40. The van der Waals surface area contributed by atoms with E-state index in [1.807, 2.05) is 18.2 Å². The highest BCUT2D eigenvalue weighted by atomic mass is 32.2. The van der Waals surface area contributed by atoms with Gasteiger partial charge >= 0.3 is 0 Å². The molecule has 0 radical (unpaired) electrons. The Hall–Kier alpha value is -2.29. The van der Waals surface area contributed by atoms with Crippen LogP contribution >= 0.6 is 0 Å². The lowest BCUT2D eigenvalue weighted by atomic mass is 9.98. The SMILES string of the molecule is Cc1c([N+](=O)[O-])cccc1S(=O)(=O)NCC1CCCN(Cc2ccccc2)C1. The van der Waals surface area contributed by atoms with Gasteiger partial charge in [0, 0.05) is 31.3 Å². The van der Waals surface area contributed by atoms with Gasteiger partial charge in [-0.25, -0.2) is 13.1 Å². The fourth-order valence-electron chi connectivity index (χ4n) is 3.70. The maximum Gasteiger partial charge on any atom is 0.273 e. The molecule has 1 heterocycles. The summed E-state index contributed by atoms with van der Waals surface area (Å²) in [5.74, 6) is 0.214. The van der Waals surface area contributed by atoms with E-state index in [2.05, 4.69) is 21.8 Å². The van der Waals surface area contributed by atoms with Gasteiger partial charge in [0.15, 0.2) is 0 Å². The van der Waals surface area contributed by atoms with Crippen molar-refractivity contribution in [2.45, 2.75) is 31.2 Å². The summed E-state index contributed by atoms with van der Waals surface area (Å²) in [6, 6.07) is 14.4. The van der Waals surface area contributed by atoms with Crippen molar-refractivity contribution in [3.05, 3.63) is 69.8 Å². The third-order valence-electron chi connectivity index (χ3n) is 5.16. The zero-order valence-corrected chi connectivity index (χ0v) is 16.7. The molecular weight excluding hydrogens is 378 g/mol. The Morgan fingerprint density at radius 1 is 1.18 bits per heavy atom. The Morgan fingerprint density at radius 2 is 1.93 bits per heavy atom. The van der Waals surface area contributed by atoms with Gasteiger partial charge in [-0.3, -0.25) is 15.0 Å². The second kappa shape index (κ2) is 8.81. The Bertz CT molecular complexity index is 932. The van der Waals surface area contributed by atoms with Crippen molar-refractivity contribution >= 4 is 15.7 Å². The summed E-state index contributed by atoms with van der Waals surface area (Å²) in [6.07, 6.45) is 1.98. The summed E-state index contributed by atoms with van der Waals surface area (Å²) < 4.78 is 28.1. The number of hydrogen-bond donors (Lipinski definition) is 1. The van der Waals surface area contributed by atoms with Gasteiger partial charge in [-0.1, -0.05) is 36.4 Å². The number of hydrogen-bond acceptors (Lipinski definition) is 5. The zero-order chi connectivity index (χ0) is 20.1. The van der Waals surface area contributed by atoms with Crippen LogP contribution in [0.2, 0.25) is 0 Å². The number of piperidine rings is 1. The highest BCUT2D eigenvalue weighted by Crippen LogP contribution is 2.25. The molecule has 8 heteroatoms. The van der Waals surface area contributed by atoms with Gasteiger partial charge in [0.25, 0.3) is 5.69 Å². The molecule has 1 aliphatic rings. The van der Waals surface area contributed by atoms with Crippen LogP contribution in [0.25, 0.3) is 0 Å². The number of nitrogens with one attached hydrogen (secondary N) is 1. The zero-order valence-electron chi connectivity index (χ0n) is 15.9. The average molecular weight is 404 g/mol. The highest BCUT2D eigenvalue weighted by Gasteiger charge is 2.25. The number of nitrogens with zero attached hydrogens (tertiary/aromatic N) is 2. The van der Waals surface area contributed by atoms with E-state index in [0.29, 0.717) is 6.54 Å². The molecule has 1 N–H and O–H groups in total. The van der Waals surface area contributed by atoms with Gasteiger partial charge < -0.3 is 0 Å². The second-order valence-corrected chi connectivity index (χ2v) is 8.97. The van der Waals surface area contributed by atoms with Crippen LogP contribution in [0.3, 0.4) is 0 Å². The van der Waals surface area contributed by atoms with E-state index >= 15 is 0 Å². The minimum absolute atomic E-state index is 0.0290. The maximum absolute atomic E-state index is 12.7. The molecule has 150 valence electrons. The van der Waals surface area contributed by atoms with Gasteiger partial charge in [0.2, 0.25) is 10.0 Å². The largest absolute Gasteiger partial charge is 0.299 e. The van der Waals surface area contributed by atoms with Crippen molar-refractivity contribution in [1.29, 1.82) is 0 Å². The third kappa shape index (κ3) is 4.95. The van der Waals surface area contributed by atoms with E-state index in [1.165, 1.54) is 30.7 Å². The minimum atomic E-state index is -3.80. The predicted octanol–water partition coefficient (Wildman–Crippen LogP) is 3.09. The molecule has 2 aromatic carbocycles. The number of benzene rings is 2. The lowest BCUT2D eigenvalue weighted by Gasteiger charge is -2.32. The Kier molecular flexibility index (Phi) is 6.43. The lowest BCUT2D eigenvalue weighted by molar-refractivity contribution is -0.385. The number of rotatable bonds is 7. The Morgan fingerprint density at radius 3 is 2.64 bits per heavy atom. The second-order valence-electron chi connectivity index (χ2n) is 7.24. The molecule has 0 aliphatic carbocycles.